The Bertz CT molecular complexity index is 829. The van der Waals surface area contributed by atoms with Crippen molar-refractivity contribution < 1.29 is 9.21 Å². The van der Waals surface area contributed by atoms with E-state index in [0.717, 1.165) is 5.56 Å². The molecule has 0 spiro atoms. The molecule has 3 rings (SSSR count). The molecule has 1 aromatic carbocycles. The van der Waals surface area contributed by atoms with Gasteiger partial charge in [0.25, 0.3) is 0 Å². The van der Waals surface area contributed by atoms with Crippen molar-refractivity contribution in [2.45, 2.75) is 32.4 Å². The van der Waals surface area contributed by atoms with Gasteiger partial charge >= 0.3 is 0 Å². The van der Waals surface area contributed by atoms with E-state index in [1.165, 1.54) is 0 Å². The van der Waals surface area contributed by atoms with Crippen LogP contribution in [0, 0.1) is 0 Å². The van der Waals surface area contributed by atoms with E-state index in [-0.39, 0.29) is 11.9 Å². The Morgan fingerprint density at radius 1 is 1.40 bits per heavy atom. The molecule has 0 aliphatic heterocycles. The van der Waals surface area contributed by atoms with Crippen LogP contribution in [0.2, 0.25) is 5.02 Å². The van der Waals surface area contributed by atoms with Crippen LogP contribution in [0.25, 0.3) is 11.3 Å². The van der Waals surface area contributed by atoms with Gasteiger partial charge in [0.2, 0.25) is 5.91 Å². The lowest BCUT2D eigenvalue weighted by Gasteiger charge is -2.14. The Morgan fingerprint density at radius 2 is 2.24 bits per heavy atom. The van der Waals surface area contributed by atoms with Gasteiger partial charge in [-0.15, -0.1) is 0 Å². The summed E-state index contributed by atoms with van der Waals surface area (Å²) in [5, 5.41) is 3.57. The number of carbonyl (C=O) groups excluding carboxylic acids is 1. The minimum atomic E-state index is -0.0369. The summed E-state index contributed by atoms with van der Waals surface area (Å²) < 4.78 is 7.63. The van der Waals surface area contributed by atoms with Crippen molar-refractivity contribution in [1.82, 2.24) is 19.9 Å². The fraction of sp³-hybridized carbons (Fsp3) is 0.278. The average Bonchev–Trinajstić information content (AvgIpc) is 3.25. The molecule has 1 unspecified atom stereocenters. The fourth-order valence-corrected chi connectivity index (χ4v) is 2.76. The minimum Gasteiger partial charge on any atom is -0.441 e. The van der Waals surface area contributed by atoms with Gasteiger partial charge in [-0.3, -0.25) is 4.79 Å². The number of benzene rings is 1. The maximum atomic E-state index is 12.1. The van der Waals surface area contributed by atoms with Gasteiger partial charge < -0.3 is 14.3 Å². The van der Waals surface area contributed by atoms with Crippen LogP contribution in [0.15, 0.2) is 53.6 Å². The standard InChI is InChI=1S/C18H19ClN4O2/c1-13(11-23-9-8-20-12-23)22-17(24)6-7-18-21-10-16(25-18)14-4-2-3-5-15(14)19/h2-5,8-10,12-13H,6-7,11H2,1H3,(H,22,24). The largest absolute Gasteiger partial charge is 0.441 e. The second-order valence-electron chi connectivity index (χ2n) is 5.83. The number of aryl methyl sites for hydroxylation is 1. The first-order chi connectivity index (χ1) is 12.1. The molecule has 6 nitrogen and oxygen atoms in total. The Balaban J connectivity index is 1.50. The Hall–Kier alpha value is -2.60. The molecular weight excluding hydrogens is 340 g/mol. The molecule has 1 amide bonds. The molecule has 1 atom stereocenters. The number of hydrogen-bond acceptors (Lipinski definition) is 4. The molecule has 0 saturated carbocycles. The van der Waals surface area contributed by atoms with E-state index in [1.54, 1.807) is 24.8 Å². The molecule has 130 valence electrons. The van der Waals surface area contributed by atoms with Gasteiger partial charge in [-0.05, 0) is 19.1 Å². The van der Waals surface area contributed by atoms with Crippen molar-refractivity contribution in [3.63, 3.8) is 0 Å². The van der Waals surface area contributed by atoms with E-state index in [4.69, 9.17) is 16.0 Å². The smallest absolute Gasteiger partial charge is 0.220 e. The highest BCUT2D eigenvalue weighted by atomic mass is 35.5. The third kappa shape index (κ3) is 4.70. The number of amides is 1. The summed E-state index contributed by atoms with van der Waals surface area (Å²) in [6.45, 7) is 2.64. The molecule has 7 heteroatoms. The lowest BCUT2D eigenvalue weighted by atomic mass is 10.2. The predicted octanol–water partition coefficient (Wildman–Crippen LogP) is 3.33. The van der Waals surface area contributed by atoms with Crippen molar-refractivity contribution in [1.29, 1.82) is 0 Å². The number of hydrogen-bond donors (Lipinski definition) is 1. The van der Waals surface area contributed by atoms with Gasteiger partial charge in [-0.2, -0.15) is 0 Å². The highest BCUT2D eigenvalue weighted by Gasteiger charge is 2.12. The van der Waals surface area contributed by atoms with Crippen LogP contribution in [0.5, 0.6) is 0 Å². The number of nitrogens with one attached hydrogen (secondary N) is 1. The van der Waals surface area contributed by atoms with Crippen molar-refractivity contribution in [2.75, 3.05) is 0 Å². The number of aromatic nitrogens is 3. The summed E-state index contributed by atoms with van der Waals surface area (Å²) in [6, 6.07) is 7.44. The number of imidazole rings is 1. The van der Waals surface area contributed by atoms with Crippen molar-refractivity contribution in [2.24, 2.45) is 0 Å². The van der Waals surface area contributed by atoms with Gasteiger partial charge in [-0.1, -0.05) is 23.7 Å². The predicted molar refractivity (Wildman–Crippen MR) is 95.1 cm³/mol. The highest BCUT2D eigenvalue weighted by molar-refractivity contribution is 6.33. The first-order valence-electron chi connectivity index (χ1n) is 8.06. The van der Waals surface area contributed by atoms with Crippen LogP contribution in [0.1, 0.15) is 19.2 Å². The maximum Gasteiger partial charge on any atom is 0.220 e. The first kappa shape index (κ1) is 17.2. The Kier molecular flexibility index (Phi) is 5.50. The van der Waals surface area contributed by atoms with Crippen LogP contribution in [-0.4, -0.2) is 26.5 Å². The number of carbonyl (C=O) groups is 1. The summed E-state index contributed by atoms with van der Waals surface area (Å²) >= 11 is 6.15. The molecule has 0 fully saturated rings. The molecule has 0 aliphatic carbocycles. The molecule has 25 heavy (non-hydrogen) atoms. The van der Waals surface area contributed by atoms with E-state index < -0.39 is 0 Å². The molecule has 2 aromatic heterocycles. The van der Waals surface area contributed by atoms with Crippen LogP contribution in [0.3, 0.4) is 0 Å². The zero-order valence-corrected chi connectivity index (χ0v) is 14.6. The second-order valence-corrected chi connectivity index (χ2v) is 6.23. The summed E-state index contributed by atoms with van der Waals surface area (Å²) in [7, 11) is 0. The highest BCUT2D eigenvalue weighted by Crippen LogP contribution is 2.28. The topological polar surface area (TPSA) is 73.0 Å². The summed E-state index contributed by atoms with van der Waals surface area (Å²) in [5.41, 5.74) is 0.793. The lowest BCUT2D eigenvalue weighted by Crippen LogP contribution is -2.35. The fourth-order valence-electron chi connectivity index (χ4n) is 2.54. The molecule has 0 aliphatic rings. The zero-order valence-electron chi connectivity index (χ0n) is 13.9. The van der Waals surface area contributed by atoms with Gasteiger partial charge in [0.15, 0.2) is 11.7 Å². The monoisotopic (exact) mass is 358 g/mol. The van der Waals surface area contributed by atoms with Gasteiger partial charge in [0, 0.05) is 43.4 Å². The molecular formula is C18H19ClN4O2. The third-order valence-electron chi connectivity index (χ3n) is 3.71. The number of halogens is 1. The van der Waals surface area contributed by atoms with Crippen LogP contribution in [-0.2, 0) is 17.8 Å². The molecule has 0 radical (unpaired) electrons. The quantitative estimate of drug-likeness (QED) is 0.703. The molecule has 1 N–H and O–H groups in total. The van der Waals surface area contributed by atoms with E-state index in [0.29, 0.717) is 36.1 Å². The van der Waals surface area contributed by atoms with E-state index in [1.807, 2.05) is 35.9 Å². The summed E-state index contributed by atoms with van der Waals surface area (Å²) in [4.78, 5) is 20.3. The van der Waals surface area contributed by atoms with Crippen molar-refractivity contribution in [3.05, 3.63) is 60.1 Å². The molecule has 0 bridgehead atoms. The van der Waals surface area contributed by atoms with Crippen LogP contribution >= 0.6 is 11.6 Å². The average molecular weight is 359 g/mol. The zero-order chi connectivity index (χ0) is 17.6. The molecule has 0 saturated heterocycles. The van der Waals surface area contributed by atoms with Gasteiger partial charge in [0.05, 0.1) is 17.5 Å². The lowest BCUT2D eigenvalue weighted by molar-refractivity contribution is -0.121. The Morgan fingerprint density at radius 3 is 3.00 bits per heavy atom. The van der Waals surface area contributed by atoms with E-state index in [9.17, 15) is 4.79 Å². The first-order valence-corrected chi connectivity index (χ1v) is 8.44. The van der Waals surface area contributed by atoms with Gasteiger partial charge in [0.1, 0.15) is 0 Å². The third-order valence-corrected chi connectivity index (χ3v) is 4.04. The number of rotatable bonds is 7. The Labute approximate surface area is 150 Å². The number of oxazole rings is 1. The minimum absolute atomic E-state index is 0.0185. The summed E-state index contributed by atoms with van der Waals surface area (Å²) in [5.74, 6) is 1.09. The normalized spacial score (nSPS) is 12.1. The SMILES string of the molecule is CC(Cn1ccnc1)NC(=O)CCc1ncc(-c2ccccc2Cl)o1. The van der Waals surface area contributed by atoms with E-state index >= 15 is 0 Å². The maximum absolute atomic E-state index is 12.1. The van der Waals surface area contributed by atoms with Gasteiger partial charge in [-0.25, -0.2) is 9.97 Å². The van der Waals surface area contributed by atoms with Crippen LogP contribution < -0.4 is 5.32 Å². The van der Waals surface area contributed by atoms with E-state index in [2.05, 4.69) is 15.3 Å². The summed E-state index contributed by atoms with van der Waals surface area (Å²) in [6.07, 6.45) is 7.70. The molecule has 3 aromatic rings. The van der Waals surface area contributed by atoms with Crippen molar-refractivity contribution >= 4 is 17.5 Å². The number of nitrogens with zero attached hydrogens (tertiary/aromatic N) is 3. The van der Waals surface area contributed by atoms with Crippen LogP contribution in [0.4, 0.5) is 0 Å². The van der Waals surface area contributed by atoms with Crippen molar-refractivity contribution in [3.8, 4) is 11.3 Å². The second kappa shape index (κ2) is 7.98. The molecule has 2 heterocycles.